The van der Waals surface area contributed by atoms with Gasteiger partial charge in [-0.1, -0.05) is 11.6 Å². The molecule has 1 saturated heterocycles. The zero-order valence-corrected chi connectivity index (χ0v) is 10.6. The lowest BCUT2D eigenvalue weighted by molar-refractivity contribution is -0.137. The van der Waals surface area contributed by atoms with Gasteiger partial charge in [0, 0.05) is 12.1 Å². The molecule has 1 aliphatic heterocycles. The van der Waals surface area contributed by atoms with Crippen LogP contribution >= 0.6 is 11.6 Å². The third-order valence-corrected chi connectivity index (χ3v) is 2.71. The van der Waals surface area contributed by atoms with Gasteiger partial charge in [0.1, 0.15) is 0 Å². The zero-order chi connectivity index (χ0) is 14.0. The topological polar surface area (TPSA) is 91.2 Å². The molecule has 0 aromatic heterocycles. The fraction of sp³-hybridized carbons (Fsp3) is 0.182. The second-order valence-corrected chi connectivity index (χ2v) is 4.22. The molecule has 19 heavy (non-hydrogen) atoms. The molecule has 1 fully saturated rings. The average molecular weight is 281 g/mol. The van der Waals surface area contributed by atoms with Crippen molar-refractivity contribution in [2.45, 2.75) is 6.04 Å². The number of likely N-dealkylation sites (N-methyl/N-ethyl adjacent to an activating group) is 1. The second kappa shape index (κ2) is 5.15. The summed E-state index contributed by atoms with van der Waals surface area (Å²) in [6.45, 7) is 0. The Bertz CT molecular complexity index is 570. The number of nitrogens with one attached hydrogen (secondary N) is 1. The first kappa shape index (κ1) is 13.2. The molecule has 0 saturated carbocycles. The lowest BCUT2D eigenvalue weighted by Crippen LogP contribution is -2.58. The van der Waals surface area contributed by atoms with Gasteiger partial charge >= 0.3 is 6.03 Å². The first-order valence-electron chi connectivity index (χ1n) is 5.28. The van der Waals surface area contributed by atoms with E-state index >= 15 is 0 Å². The lowest BCUT2D eigenvalue weighted by atomic mass is 10.2. The third-order valence-electron chi connectivity index (χ3n) is 2.46. The molecule has 1 unspecified atom stereocenters. The van der Waals surface area contributed by atoms with Crippen LogP contribution in [-0.2, 0) is 9.59 Å². The van der Waals surface area contributed by atoms with Crippen molar-refractivity contribution in [2.75, 3.05) is 7.05 Å². The van der Waals surface area contributed by atoms with Crippen LogP contribution in [0, 0.1) is 0 Å². The van der Waals surface area contributed by atoms with Gasteiger partial charge in [-0.25, -0.2) is 4.79 Å². The number of nitrogens with zero attached hydrogens (tertiary/aromatic N) is 3. The number of benzene rings is 1. The highest BCUT2D eigenvalue weighted by Gasteiger charge is 2.38. The van der Waals surface area contributed by atoms with Crippen molar-refractivity contribution >= 4 is 35.1 Å². The van der Waals surface area contributed by atoms with Crippen molar-refractivity contribution in [3.63, 3.8) is 0 Å². The van der Waals surface area contributed by atoms with Gasteiger partial charge in [0.15, 0.2) is 0 Å². The van der Waals surface area contributed by atoms with Crippen molar-refractivity contribution in [3.05, 3.63) is 29.3 Å². The maximum Gasteiger partial charge on any atom is 0.330 e. The van der Waals surface area contributed by atoms with E-state index < -0.39 is 23.9 Å². The van der Waals surface area contributed by atoms with Crippen molar-refractivity contribution in [1.82, 2.24) is 10.2 Å². The largest absolute Gasteiger partial charge is 0.330 e. The standard InChI is InChI=1S/C11H9ClN4O3/c1-16-10(18)8(9(17)13-11(16)19)15-14-7-4-2-6(12)3-5-7/h2-5,8H,1H3,(H,13,17,19). The highest BCUT2D eigenvalue weighted by molar-refractivity contribution is 6.30. The number of halogens is 1. The second-order valence-electron chi connectivity index (χ2n) is 3.79. The van der Waals surface area contributed by atoms with Crippen LogP contribution in [0.3, 0.4) is 0 Å². The van der Waals surface area contributed by atoms with Gasteiger partial charge in [-0.15, -0.1) is 0 Å². The molecule has 2 rings (SSSR count). The normalized spacial score (nSPS) is 20.0. The summed E-state index contributed by atoms with van der Waals surface area (Å²) in [6, 6.07) is 4.27. The van der Waals surface area contributed by atoms with Crippen LogP contribution in [0.1, 0.15) is 0 Å². The summed E-state index contributed by atoms with van der Waals surface area (Å²) in [6.07, 6.45) is 0. The van der Waals surface area contributed by atoms with Crippen molar-refractivity contribution in [2.24, 2.45) is 10.2 Å². The van der Waals surface area contributed by atoms with Gasteiger partial charge < -0.3 is 0 Å². The molecule has 1 aliphatic rings. The number of amides is 4. The Kier molecular flexibility index (Phi) is 3.57. The molecule has 1 atom stereocenters. The number of rotatable bonds is 2. The van der Waals surface area contributed by atoms with E-state index in [2.05, 4.69) is 10.2 Å². The van der Waals surface area contributed by atoms with Crippen molar-refractivity contribution < 1.29 is 14.4 Å². The summed E-state index contributed by atoms with van der Waals surface area (Å²) >= 11 is 5.71. The minimum atomic E-state index is -1.35. The smallest absolute Gasteiger partial charge is 0.275 e. The first-order chi connectivity index (χ1) is 8.99. The maximum atomic E-state index is 11.7. The average Bonchev–Trinajstić information content (AvgIpc) is 2.38. The number of azo groups is 1. The van der Waals surface area contributed by atoms with E-state index in [1.54, 1.807) is 24.3 Å². The first-order valence-corrected chi connectivity index (χ1v) is 5.65. The van der Waals surface area contributed by atoms with Crippen LogP contribution in [0.4, 0.5) is 10.5 Å². The Hall–Kier alpha value is -2.28. The minimum Gasteiger partial charge on any atom is -0.275 e. The summed E-state index contributed by atoms with van der Waals surface area (Å²) in [5.41, 5.74) is 0.449. The Morgan fingerprint density at radius 1 is 1.21 bits per heavy atom. The summed E-state index contributed by atoms with van der Waals surface area (Å²) in [5, 5.41) is 9.98. The molecular weight excluding hydrogens is 272 g/mol. The van der Waals surface area contributed by atoms with E-state index in [1.165, 1.54) is 7.05 Å². The third kappa shape index (κ3) is 2.76. The van der Waals surface area contributed by atoms with Crippen LogP contribution in [0.2, 0.25) is 5.02 Å². The van der Waals surface area contributed by atoms with Gasteiger partial charge in [0.2, 0.25) is 6.04 Å². The van der Waals surface area contributed by atoms with Crippen molar-refractivity contribution in [1.29, 1.82) is 0 Å². The number of imide groups is 2. The van der Waals surface area contributed by atoms with Crippen molar-refractivity contribution in [3.8, 4) is 0 Å². The molecule has 1 N–H and O–H groups in total. The molecule has 0 bridgehead atoms. The van der Waals surface area contributed by atoms with Gasteiger partial charge in [0.05, 0.1) is 5.69 Å². The van der Waals surface area contributed by atoms with E-state index in [0.29, 0.717) is 10.7 Å². The summed E-state index contributed by atoms with van der Waals surface area (Å²) in [5.74, 6) is -1.50. The van der Waals surface area contributed by atoms with E-state index in [9.17, 15) is 14.4 Å². The molecule has 98 valence electrons. The summed E-state index contributed by atoms with van der Waals surface area (Å²) < 4.78 is 0. The Labute approximate surface area is 113 Å². The summed E-state index contributed by atoms with van der Waals surface area (Å²) in [7, 11) is 1.26. The number of hydrogen-bond acceptors (Lipinski definition) is 5. The van der Waals surface area contributed by atoms with Gasteiger partial charge in [-0.05, 0) is 24.3 Å². The molecular formula is C11H9ClN4O3. The number of barbiturate groups is 1. The van der Waals surface area contributed by atoms with E-state index in [4.69, 9.17) is 11.6 Å². The Morgan fingerprint density at radius 2 is 1.84 bits per heavy atom. The monoisotopic (exact) mass is 280 g/mol. The quantitative estimate of drug-likeness (QED) is 0.657. The van der Waals surface area contributed by atoms with Crippen LogP contribution in [-0.4, -0.2) is 35.8 Å². The van der Waals surface area contributed by atoms with Crippen LogP contribution in [0.15, 0.2) is 34.5 Å². The molecule has 0 spiro atoms. The minimum absolute atomic E-state index is 0.449. The van der Waals surface area contributed by atoms with Crippen LogP contribution in [0.5, 0.6) is 0 Å². The molecule has 1 aromatic carbocycles. The van der Waals surface area contributed by atoms with E-state index in [0.717, 1.165) is 4.90 Å². The Morgan fingerprint density at radius 3 is 2.47 bits per heavy atom. The fourth-order valence-electron chi connectivity index (χ4n) is 1.39. The highest BCUT2D eigenvalue weighted by Crippen LogP contribution is 2.17. The molecule has 1 aromatic rings. The molecule has 4 amide bonds. The predicted octanol–water partition coefficient (Wildman–Crippen LogP) is 1.50. The predicted molar refractivity (Wildman–Crippen MR) is 66.1 cm³/mol. The molecule has 7 nitrogen and oxygen atoms in total. The molecule has 0 radical (unpaired) electrons. The molecule has 0 aliphatic carbocycles. The number of urea groups is 1. The lowest BCUT2D eigenvalue weighted by Gasteiger charge is -2.23. The summed E-state index contributed by atoms with van der Waals surface area (Å²) in [4.78, 5) is 35.1. The SMILES string of the molecule is CN1C(=O)NC(=O)C(N=Nc2ccc(Cl)cc2)C1=O. The highest BCUT2D eigenvalue weighted by atomic mass is 35.5. The van der Waals surface area contributed by atoms with Gasteiger partial charge in [-0.3, -0.25) is 19.8 Å². The number of carbonyl (C=O) groups excluding carboxylic acids is 3. The number of carbonyl (C=O) groups is 3. The van der Waals surface area contributed by atoms with E-state index in [-0.39, 0.29) is 0 Å². The van der Waals surface area contributed by atoms with Crippen LogP contribution < -0.4 is 5.32 Å². The van der Waals surface area contributed by atoms with Gasteiger partial charge in [-0.2, -0.15) is 10.2 Å². The number of hydrogen-bond donors (Lipinski definition) is 1. The Balaban J connectivity index is 2.17. The van der Waals surface area contributed by atoms with Gasteiger partial charge in [0.25, 0.3) is 11.8 Å². The zero-order valence-electron chi connectivity index (χ0n) is 9.83. The molecule has 1 heterocycles. The maximum absolute atomic E-state index is 11.7. The van der Waals surface area contributed by atoms with Crippen LogP contribution in [0.25, 0.3) is 0 Å². The fourth-order valence-corrected chi connectivity index (χ4v) is 1.51. The van der Waals surface area contributed by atoms with E-state index in [1.807, 2.05) is 5.32 Å². The molecule has 8 heteroatoms.